The van der Waals surface area contributed by atoms with Crippen LogP contribution in [0.4, 0.5) is 0 Å². The van der Waals surface area contributed by atoms with E-state index in [4.69, 9.17) is 5.73 Å². The third-order valence-corrected chi connectivity index (χ3v) is 6.70. The number of nitrogens with two attached hydrogens (primary N) is 1. The van der Waals surface area contributed by atoms with Gasteiger partial charge in [-0.25, -0.2) is 0 Å². The molecule has 20 heavy (non-hydrogen) atoms. The van der Waals surface area contributed by atoms with Crippen molar-refractivity contribution >= 4 is 10.2 Å². The quantitative estimate of drug-likeness (QED) is 0.835. The van der Waals surface area contributed by atoms with E-state index < -0.39 is 10.2 Å². The van der Waals surface area contributed by atoms with Crippen molar-refractivity contribution in [2.45, 2.75) is 44.9 Å². The highest BCUT2D eigenvalue weighted by atomic mass is 32.2. The largest absolute Gasteiger partial charge is 0.330 e. The molecule has 1 saturated heterocycles. The highest BCUT2D eigenvalue weighted by molar-refractivity contribution is 7.86. The van der Waals surface area contributed by atoms with Crippen LogP contribution in [0.25, 0.3) is 0 Å². The molecule has 118 valence electrons. The molecule has 2 aliphatic rings. The molecule has 1 saturated carbocycles. The molecule has 1 aliphatic carbocycles. The molecule has 5 nitrogen and oxygen atoms in total. The van der Waals surface area contributed by atoms with Gasteiger partial charge in [-0.1, -0.05) is 19.3 Å². The van der Waals surface area contributed by atoms with Crippen molar-refractivity contribution in [2.24, 2.45) is 17.6 Å². The summed E-state index contributed by atoms with van der Waals surface area (Å²) in [7, 11) is -1.56. The van der Waals surface area contributed by atoms with Crippen molar-refractivity contribution in [1.29, 1.82) is 0 Å². The fourth-order valence-corrected chi connectivity index (χ4v) is 5.01. The van der Waals surface area contributed by atoms with E-state index in [1.54, 1.807) is 15.7 Å². The Morgan fingerprint density at radius 2 is 1.75 bits per heavy atom. The van der Waals surface area contributed by atoms with Crippen LogP contribution in [-0.4, -0.2) is 50.3 Å². The Labute approximate surface area is 123 Å². The predicted molar refractivity (Wildman–Crippen MR) is 81.5 cm³/mol. The maximum absolute atomic E-state index is 12.6. The smallest absolute Gasteiger partial charge is 0.281 e. The van der Waals surface area contributed by atoms with Gasteiger partial charge in [0.2, 0.25) is 0 Å². The maximum Gasteiger partial charge on any atom is 0.281 e. The predicted octanol–water partition coefficient (Wildman–Crippen LogP) is 1.41. The molecular weight excluding hydrogens is 274 g/mol. The lowest BCUT2D eigenvalue weighted by Gasteiger charge is -2.35. The third kappa shape index (κ3) is 3.93. The standard InChI is InChI=1S/C14H29N3O2S/c1-16(11-13-6-3-2-4-7-13)20(18,19)17-9-5-8-14(10-15)12-17/h13-14H,2-12,15H2,1H3. The Morgan fingerprint density at radius 1 is 1.10 bits per heavy atom. The van der Waals surface area contributed by atoms with E-state index in [0.717, 1.165) is 12.8 Å². The lowest BCUT2D eigenvalue weighted by atomic mass is 9.89. The summed E-state index contributed by atoms with van der Waals surface area (Å²) in [5.41, 5.74) is 5.70. The third-order valence-electron chi connectivity index (χ3n) is 4.78. The molecule has 0 amide bonds. The van der Waals surface area contributed by atoms with Crippen LogP contribution in [0.1, 0.15) is 44.9 Å². The number of rotatable bonds is 5. The molecule has 2 fully saturated rings. The van der Waals surface area contributed by atoms with Crippen LogP contribution in [0.3, 0.4) is 0 Å². The number of hydrogen-bond acceptors (Lipinski definition) is 3. The monoisotopic (exact) mass is 303 g/mol. The van der Waals surface area contributed by atoms with Gasteiger partial charge in [-0.05, 0) is 44.1 Å². The molecule has 0 aromatic heterocycles. The molecule has 0 spiro atoms. The highest BCUT2D eigenvalue weighted by Crippen LogP contribution is 2.26. The van der Waals surface area contributed by atoms with Gasteiger partial charge in [-0.3, -0.25) is 0 Å². The van der Waals surface area contributed by atoms with Crippen LogP contribution in [0.5, 0.6) is 0 Å². The van der Waals surface area contributed by atoms with Gasteiger partial charge in [0.15, 0.2) is 0 Å². The van der Waals surface area contributed by atoms with E-state index in [0.29, 0.717) is 38.0 Å². The normalized spacial score (nSPS) is 27.1. The minimum Gasteiger partial charge on any atom is -0.330 e. The molecule has 2 N–H and O–H groups in total. The molecule has 1 atom stereocenters. The zero-order valence-corrected chi connectivity index (χ0v) is 13.4. The summed E-state index contributed by atoms with van der Waals surface area (Å²) < 4.78 is 28.5. The molecule has 0 bridgehead atoms. The summed E-state index contributed by atoms with van der Waals surface area (Å²) in [5.74, 6) is 0.861. The first-order valence-electron chi connectivity index (χ1n) is 7.95. The zero-order chi connectivity index (χ0) is 14.6. The van der Waals surface area contributed by atoms with Crippen LogP contribution in [-0.2, 0) is 10.2 Å². The van der Waals surface area contributed by atoms with Crippen LogP contribution in [0.15, 0.2) is 0 Å². The zero-order valence-electron chi connectivity index (χ0n) is 12.6. The van der Waals surface area contributed by atoms with Crippen LogP contribution < -0.4 is 5.73 Å². The van der Waals surface area contributed by atoms with Gasteiger partial charge in [-0.15, -0.1) is 0 Å². The molecule has 1 aliphatic heterocycles. The Morgan fingerprint density at radius 3 is 2.40 bits per heavy atom. The number of piperidine rings is 1. The number of nitrogens with zero attached hydrogens (tertiary/aromatic N) is 2. The van der Waals surface area contributed by atoms with E-state index in [-0.39, 0.29) is 0 Å². The Balaban J connectivity index is 1.93. The second-order valence-corrected chi connectivity index (χ2v) is 8.43. The second kappa shape index (κ2) is 7.20. The van der Waals surface area contributed by atoms with E-state index in [1.807, 2.05) is 0 Å². The summed E-state index contributed by atoms with van der Waals surface area (Å²) in [6.07, 6.45) is 8.12. The van der Waals surface area contributed by atoms with Crippen molar-refractivity contribution < 1.29 is 8.42 Å². The fraction of sp³-hybridized carbons (Fsp3) is 1.00. The molecule has 2 rings (SSSR count). The first kappa shape index (κ1) is 16.2. The lowest BCUT2D eigenvalue weighted by molar-refractivity contribution is 0.242. The topological polar surface area (TPSA) is 66.6 Å². The minimum absolute atomic E-state index is 0.321. The van der Waals surface area contributed by atoms with Crippen molar-refractivity contribution in [3.63, 3.8) is 0 Å². The van der Waals surface area contributed by atoms with Gasteiger partial charge in [0.25, 0.3) is 10.2 Å². The Hall–Kier alpha value is -0.170. The highest BCUT2D eigenvalue weighted by Gasteiger charge is 2.32. The van der Waals surface area contributed by atoms with Gasteiger partial charge in [0.1, 0.15) is 0 Å². The molecule has 1 unspecified atom stereocenters. The van der Waals surface area contributed by atoms with E-state index in [2.05, 4.69) is 0 Å². The van der Waals surface area contributed by atoms with Crippen LogP contribution >= 0.6 is 0 Å². The van der Waals surface area contributed by atoms with Crippen LogP contribution in [0.2, 0.25) is 0 Å². The molecule has 0 aromatic carbocycles. The van der Waals surface area contributed by atoms with Gasteiger partial charge in [0, 0.05) is 26.7 Å². The van der Waals surface area contributed by atoms with Crippen molar-refractivity contribution in [2.75, 3.05) is 33.2 Å². The average molecular weight is 303 g/mol. The van der Waals surface area contributed by atoms with Gasteiger partial charge >= 0.3 is 0 Å². The molecular formula is C14H29N3O2S. The lowest BCUT2D eigenvalue weighted by Crippen LogP contribution is -2.48. The molecule has 1 heterocycles. The first-order chi connectivity index (χ1) is 9.54. The Bertz CT molecular complexity index is 393. The number of hydrogen-bond donors (Lipinski definition) is 1. The van der Waals surface area contributed by atoms with Crippen LogP contribution in [0, 0.1) is 11.8 Å². The SMILES string of the molecule is CN(CC1CCCCC1)S(=O)(=O)N1CCCC(CN)C1. The summed E-state index contributed by atoms with van der Waals surface area (Å²) >= 11 is 0. The van der Waals surface area contributed by atoms with Gasteiger partial charge < -0.3 is 5.73 Å². The molecule has 0 radical (unpaired) electrons. The fourth-order valence-electron chi connectivity index (χ4n) is 3.45. The summed E-state index contributed by atoms with van der Waals surface area (Å²) in [4.78, 5) is 0. The Kier molecular flexibility index (Phi) is 5.84. The molecule has 0 aromatic rings. The van der Waals surface area contributed by atoms with Gasteiger partial charge in [-0.2, -0.15) is 17.0 Å². The van der Waals surface area contributed by atoms with E-state index >= 15 is 0 Å². The first-order valence-corrected chi connectivity index (χ1v) is 9.35. The van der Waals surface area contributed by atoms with Crippen molar-refractivity contribution in [1.82, 2.24) is 8.61 Å². The summed E-state index contributed by atoms with van der Waals surface area (Å²) in [6, 6.07) is 0. The molecule has 6 heteroatoms. The van der Waals surface area contributed by atoms with E-state index in [9.17, 15) is 8.42 Å². The van der Waals surface area contributed by atoms with E-state index in [1.165, 1.54) is 32.1 Å². The second-order valence-electron chi connectivity index (χ2n) is 6.39. The summed E-state index contributed by atoms with van der Waals surface area (Å²) in [6.45, 7) is 2.49. The van der Waals surface area contributed by atoms with Crippen molar-refractivity contribution in [3.05, 3.63) is 0 Å². The summed E-state index contributed by atoms with van der Waals surface area (Å²) in [5, 5.41) is 0. The minimum atomic E-state index is -3.29. The van der Waals surface area contributed by atoms with Gasteiger partial charge in [0.05, 0.1) is 0 Å². The maximum atomic E-state index is 12.6. The average Bonchev–Trinajstić information content (AvgIpc) is 2.48. The van der Waals surface area contributed by atoms with Crippen molar-refractivity contribution in [3.8, 4) is 0 Å².